The van der Waals surface area contributed by atoms with Gasteiger partial charge in [0.15, 0.2) is 0 Å². The first kappa shape index (κ1) is 10.6. The van der Waals surface area contributed by atoms with Gasteiger partial charge in [-0.15, -0.1) is 11.6 Å². The van der Waals surface area contributed by atoms with Crippen LogP contribution in [0.25, 0.3) is 0 Å². The lowest BCUT2D eigenvalue weighted by Gasteiger charge is -2.21. The Labute approximate surface area is 81.8 Å². The number of hydrogen-bond donors (Lipinski definition) is 2. The second-order valence-electron chi connectivity index (χ2n) is 3.13. The zero-order chi connectivity index (χ0) is 10.3. The Balaban J connectivity index is 3.22. The summed E-state index contributed by atoms with van der Waals surface area (Å²) >= 11 is 5.89. The first-order valence-electron chi connectivity index (χ1n) is 3.58. The molecule has 1 aliphatic carbocycles. The normalized spacial score (nSPS) is 29.5. The summed E-state index contributed by atoms with van der Waals surface area (Å²) in [6.45, 7) is 1.64. The van der Waals surface area contributed by atoms with E-state index in [1.54, 1.807) is 6.92 Å². The van der Waals surface area contributed by atoms with Crippen molar-refractivity contribution in [2.75, 3.05) is 0 Å². The molecule has 13 heavy (non-hydrogen) atoms. The van der Waals surface area contributed by atoms with Crippen LogP contribution in [-0.4, -0.2) is 17.8 Å². The Morgan fingerprint density at radius 2 is 2.23 bits per heavy atom. The lowest BCUT2D eigenvalue weighted by atomic mass is 10.0. The van der Waals surface area contributed by atoms with Crippen molar-refractivity contribution in [1.29, 1.82) is 0 Å². The van der Waals surface area contributed by atoms with E-state index in [9.17, 15) is 8.42 Å². The summed E-state index contributed by atoms with van der Waals surface area (Å²) in [6, 6.07) is 0. The summed E-state index contributed by atoms with van der Waals surface area (Å²) < 4.78 is 30.4. The van der Waals surface area contributed by atoms with Crippen LogP contribution >= 0.6 is 11.6 Å². The SMILES string of the molecule is CC1(Cl)C=C(S(=O)(=O)O)C(N)=CC1. The number of nitrogens with two attached hydrogens (primary N) is 1. The van der Waals surface area contributed by atoms with Crippen molar-refractivity contribution in [3.63, 3.8) is 0 Å². The first-order chi connectivity index (χ1) is 5.72. The van der Waals surface area contributed by atoms with E-state index in [2.05, 4.69) is 0 Å². The number of hydrogen-bond acceptors (Lipinski definition) is 3. The molecular formula is C7H10ClNO3S. The predicted molar refractivity (Wildman–Crippen MR) is 50.8 cm³/mol. The molecule has 0 bridgehead atoms. The van der Waals surface area contributed by atoms with Crippen LogP contribution in [0.15, 0.2) is 22.8 Å². The fourth-order valence-electron chi connectivity index (χ4n) is 1.05. The van der Waals surface area contributed by atoms with E-state index in [0.717, 1.165) is 0 Å². The van der Waals surface area contributed by atoms with Gasteiger partial charge in [-0.3, -0.25) is 4.55 Å². The molecule has 0 radical (unpaired) electrons. The van der Waals surface area contributed by atoms with Gasteiger partial charge >= 0.3 is 0 Å². The van der Waals surface area contributed by atoms with E-state index in [-0.39, 0.29) is 10.6 Å². The Morgan fingerprint density at radius 3 is 2.62 bits per heavy atom. The Bertz CT molecular complexity index is 381. The summed E-state index contributed by atoms with van der Waals surface area (Å²) in [7, 11) is -4.26. The van der Waals surface area contributed by atoms with E-state index in [4.69, 9.17) is 21.9 Å². The standard InChI is InChI=1S/C7H10ClNO3S/c1-7(8)3-2-5(9)6(4-7)13(10,11)12/h2,4H,3,9H2,1H3,(H,10,11,12). The minimum atomic E-state index is -4.26. The molecular weight excluding hydrogens is 214 g/mol. The lowest BCUT2D eigenvalue weighted by Crippen LogP contribution is -2.23. The van der Waals surface area contributed by atoms with Crippen molar-refractivity contribution in [3.8, 4) is 0 Å². The zero-order valence-electron chi connectivity index (χ0n) is 6.99. The molecule has 4 nitrogen and oxygen atoms in total. The van der Waals surface area contributed by atoms with Crippen LogP contribution in [0.2, 0.25) is 0 Å². The third-order valence-corrected chi connectivity index (χ3v) is 2.89. The van der Waals surface area contributed by atoms with Gasteiger partial charge < -0.3 is 5.73 Å². The molecule has 0 saturated carbocycles. The molecule has 0 aromatic rings. The van der Waals surface area contributed by atoms with E-state index in [0.29, 0.717) is 6.42 Å². The Kier molecular flexibility index (Phi) is 2.44. The van der Waals surface area contributed by atoms with Crippen LogP contribution in [-0.2, 0) is 10.1 Å². The van der Waals surface area contributed by atoms with Crippen LogP contribution in [0.3, 0.4) is 0 Å². The molecule has 1 atom stereocenters. The topological polar surface area (TPSA) is 80.4 Å². The van der Waals surface area contributed by atoms with Crippen molar-refractivity contribution in [2.24, 2.45) is 5.73 Å². The van der Waals surface area contributed by atoms with Crippen LogP contribution in [0.4, 0.5) is 0 Å². The second-order valence-corrected chi connectivity index (χ2v) is 5.38. The van der Waals surface area contributed by atoms with Crippen LogP contribution in [0, 0.1) is 0 Å². The number of rotatable bonds is 1. The molecule has 0 fully saturated rings. The zero-order valence-corrected chi connectivity index (χ0v) is 8.56. The Morgan fingerprint density at radius 1 is 1.69 bits per heavy atom. The smallest absolute Gasteiger partial charge is 0.296 e. The summed E-state index contributed by atoms with van der Waals surface area (Å²) in [5.74, 6) is 0. The number of halogens is 1. The highest BCUT2D eigenvalue weighted by Crippen LogP contribution is 2.31. The molecule has 6 heteroatoms. The largest absolute Gasteiger partial charge is 0.398 e. The number of alkyl halides is 1. The highest BCUT2D eigenvalue weighted by Gasteiger charge is 2.28. The third-order valence-electron chi connectivity index (χ3n) is 1.72. The van der Waals surface area contributed by atoms with E-state index >= 15 is 0 Å². The van der Waals surface area contributed by atoms with Crippen LogP contribution < -0.4 is 5.73 Å². The number of allylic oxidation sites excluding steroid dienone is 2. The maximum absolute atomic E-state index is 10.8. The van der Waals surface area contributed by atoms with Crippen molar-refractivity contribution < 1.29 is 13.0 Å². The third kappa shape index (κ3) is 2.46. The molecule has 0 aromatic carbocycles. The van der Waals surface area contributed by atoms with E-state index in [1.807, 2.05) is 0 Å². The van der Waals surface area contributed by atoms with Crippen molar-refractivity contribution in [2.45, 2.75) is 18.2 Å². The molecule has 1 rings (SSSR count). The van der Waals surface area contributed by atoms with Crippen LogP contribution in [0.1, 0.15) is 13.3 Å². The molecule has 0 aliphatic heterocycles. The molecule has 3 N–H and O–H groups in total. The van der Waals surface area contributed by atoms with E-state index in [1.165, 1.54) is 12.2 Å². The van der Waals surface area contributed by atoms with Gasteiger partial charge in [-0.2, -0.15) is 8.42 Å². The molecule has 0 amide bonds. The second kappa shape index (κ2) is 3.01. The fourth-order valence-corrected chi connectivity index (χ4v) is 2.09. The quantitative estimate of drug-likeness (QED) is 0.514. The summed E-state index contributed by atoms with van der Waals surface area (Å²) in [4.78, 5) is -1.11. The average molecular weight is 224 g/mol. The highest BCUT2D eigenvalue weighted by atomic mass is 35.5. The van der Waals surface area contributed by atoms with Gasteiger partial charge in [0, 0.05) is 5.70 Å². The highest BCUT2D eigenvalue weighted by molar-refractivity contribution is 7.90. The maximum Gasteiger partial charge on any atom is 0.296 e. The summed E-state index contributed by atoms with van der Waals surface area (Å²) in [5, 5.41) is 0. The van der Waals surface area contributed by atoms with Gasteiger partial charge in [0.2, 0.25) is 0 Å². The first-order valence-corrected chi connectivity index (χ1v) is 5.39. The lowest BCUT2D eigenvalue weighted by molar-refractivity contribution is 0.490. The molecule has 0 heterocycles. The van der Waals surface area contributed by atoms with Gasteiger partial charge in [-0.25, -0.2) is 0 Å². The minimum Gasteiger partial charge on any atom is -0.398 e. The minimum absolute atomic E-state index is 0.0422. The van der Waals surface area contributed by atoms with Crippen molar-refractivity contribution in [3.05, 3.63) is 22.8 Å². The fraction of sp³-hybridized carbons (Fsp3) is 0.429. The molecule has 1 aliphatic rings. The van der Waals surface area contributed by atoms with Gasteiger partial charge in [-0.05, 0) is 19.4 Å². The van der Waals surface area contributed by atoms with Crippen molar-refractivity contribution in [1.82, 2.24) is 0 Å². The molecule has 0 aromatic heterocycles. The molecule has 0 spiro atoms. The predicted octanol–water partition coefficient (Wildman–Crippen LogP) is 1.00. The van der Waals surface area contributed by atoms with Crippen molar-refractivity contribution >= 4 is 21.7 Å². The maximum atomic E-state index is 10.8. The van der Waals surface area contributed by atoms with Gasteiger partial charge in [0.05, 0.1) is 4.87 Å². The molecule has 1 unspecified atom stereocenters. The monoisotopic (exact) mass is 223 g/mol. The Hall–Kier alpha value is -0.520. The molecule has 0 saturated heterocycles. The molecule has 74 valence electrons. The summed E-state index contributed by atoms with van der Waals surface area (Å²) in [5.41, 5.74) is 5.42. The summed E-state index contributed by atoms with van der Waals surface area (Å²) in [6.07, 6.45) is 3.18. The van der Waals surface area contributed by atoms with Gasteiger partial charge in [0.1, 0.15) is 4.91 Å². The van der Waals surface area contributed by atoms with Gasteiger partial charge in [0.25, 0.3) is 10.1 Å². The van der Waals surface area contributed by atoms with Crippen LogP contribution in [0.5, 0.6) is 0 Å². The van der Waals surface area contributed by atoms with Gasteiger partial charge in [-0.1, -0.05) is 6.08 Å². The average Bonchev–Trinajstić information content (AvgIpc) is 1.92. The van der Waals surface area contributed by atoms with E-state index < -0.39 is 15.0 Å².